The van der Waals surface area contributed by atoms with Crippen LogP contribution in [0.4, 0.5) is 0 Å². The molecular weight excluding hydrogens is 728 g/mol. The molecule has 2 saturated heterocycles. The average Bonchev–Trinajstić information content (AvgIpc) is 3.13. The summed E-state index contributed by atoms with van der Waals surface area (Å²) in [6.07, 6.45) is -8.23. The van der Waals surface area contributed by atoms with Crippen molar-refractivity contribution >= 4 is 5.97 Å². The Kier molecular flexibility index (Phi) is 11.0. The predicted molar refractivity (Wildman–Crippen MR) is 199 cm³/mol. The Labute approximate surface area is 330 Å². The molecule has 9 N–H and O–H groups in total. The van der Waals surface area contributed by atoms with Crippen molar-refractivity contribution in [3.63, 3.8) is 0 Å². The van der Waals surface area contributed by atoms with Gasteiger partial charge in [0.25, 0.3) is 0 Å². The highest BCUT2D eigenvalue weighted by atomic mass is 16.8. The van der Waals surface area contributed by atoms with Crippen molar-refractivity contribution in [3.05, 3.63) is 11.6 Å². The first kappa shape index (κ1) is 42.8. The molecule has 5 aliphatic carbocycles. The molecule has 0 aromatic rings. The van der Waals surface area contributed by atoms with Gasteiger partial charge in [0.2, 0.25) is 0 Å². The predicted octanol–water partition coefficient (Wildman–Crippen LogP) is 1.85. The molecule has 0 bridgehead atoms. The van der Waals surface area contributed by atoms with Gasteiger partial charge in [0.15, 0.2) is 18.7 Å². The lowest BCUT2D eigenvalue weighted by atomic mass is 9.33. The smallest absolute Gasteiger partial charge is 0.335 e. The van der Waals surface area contributed by atoms with Crippen molar-refractivity contribution < 1.29 is 69.7 Å². The number of hydrogen-bond acceptors (Lipinski definition) is 13. The third kappa shape index (κ3) is 6.21. The third-order valence-corrected chi connectivity index (χ3v) is 17.4. The van der Waals surface area contributed by atoms with E-state index in [0.29, 0.717) is 18.3 Å². The largest absolute Gasteiger partial charge is 0.479 e. The Morgan fingerprint density at radius 3 is 2.09 bits per heavy atom. The fourth-order valence-corrected chi connectivity index (χ4v) is 13.7. The SMILES string of the molecule is CC1(C)C[C@@H](O)[C@]2(C)CC[C@]3(C)C(=CC[C@@H]4[C@@]5(C)CC[C@H](O[C@@H]6O[C@H](C(=O)O)[C@@H](O)[C@H](O)[C@H]6O[C@@H]6O[C@H](CO)[C@H](O)[C@H](O)[C@H]6O)[C@](C)(CO)[C@@H]5CC[C@]43C)[C@@H]2C1. The van der Waals surface area contributed by atoms with E-state index in [1.807, 2.05) is 6.92 Å². The molecular formula is C42H68O14. The average molecular weight is 797 g/mol. The number of allylic oxidation sites excluding steroid dienone is 2. The summed E-state index contributed by atoms with van der Waals surface area (Å²) in [5.74, 6) is -0.954. The first-order valence-corrected chi connectivity index (χ1v) is 20.9. The number of ether oxygens (including phenoxy) is 4. The molecule has 0 amide bonds. The summed E-state index contributed by atoms with van der Waals surface area (Å²) < 4.78 is 23.8. The number of aliphatic hydroxyl groups is 8. The van der Waals surface area contributed by atoms with Crippen LogP contribution in [0.3, 0.4) is 0 Å². The molecule has 0 aromatic carbocycles. The molecule has 7 rings (SSSR count). The summed E-state index contributed by atoms with van der Waals surface area (Å²) in [6, 6.07) is 0. The number of fused-ring (bicyclic) bond motifs is 7. The van der Waals surface area contributed by atoms with Gasteiger partial charge in [-0.15, -0.1) is 0 Å². The minimum atomic E-state index is -1.97. The molecule has 320 valence electrons. The number of aliphatic carboxylic acids is 1. The maximum Gasteiger partial charge on any atom is 0.335 e. The molecule has 14 nitrogen and oxygen atoms in total. The highest BCUT2D eigenvalue weighted by molar-refractivity contribution is 5.73. The molecule has 0 spiro atoms. The van der Waals surface area contributed by atoms with Crippen molar-refractivity contribution in [2.45, 2.75) is 180 Å². The van der Waals surface area contributed by atoms with Crippen LogP contribution in [0.25, 0.3) is 0 Å². The Bertz CT molecular complexity index is 1520. The van der Waals surface area contributed by atoms with E-state index in [-0.39, 0.29) is 45.7 Å². The fraction of sp³-hybridized carbons (Fsp3) is 0.929. The zero-order valence-electron chi connectivity index (χ0n) is 34.1. The summed E-state index contributed by atoms with van der Waals surface area (Å²) in [5.41, 5.74) is 0.271. The van der Waals surface area contributed by atoms with Crippen LogP contribution in [0.5, 0.6) is 0 Å². The number of carboxylic acid groups (broad SMARTS) is 1. The van der Waals surface area contributed by atoms with E-state index < -0.39 is 85.5 Å². The van der Waals surface area contributed by atoms with Gasteiger partial charge in [0.05, 0.1) is 25.4 Å². The van der Waals surface area contributed by atoms with E-state index in [9.17, 15) is 50.8 Å². The lowest BCUT2D eigenvalue weighted by Crippen LogP contribution is -2.68. The van der Waals surface area contributed by atoms with Gasteiger partial charge in [-0.2, -0.15) is 0 Å². The molecule has 4 saturated carbocycles. The maximum absolute atomic E-state index is 12.2. The zero-order valence-corrected chi connectivity index (χ0v) is 34.1. The van der Waals surface area contributed by atoms with Crippen LogP contribution >= 0.6 is 0 Å². The Hall–Kier alpha value is -1.27. The first-order chi connectivity index (χ1) is 26.0. The van der Waals surface area contributed by atoms with Gasteiger partial charge in [-0.05, 0) is 97.2 Å². The van der Waals surface area contributed by atoms with Crippen LogP contribution in [-0.2, 0) is 23.7 Å². The van der Waals surface area contributed by atoms with Gasteiger partial charge in [0.1, 0.15) is 42.7 Å². The highest BCUT2D eigenvalue weighted by Gasteiger charge is 2.69. The lowest BCUT2D eigenvalue weighted by molar-refractivity contribution is -0.375. The lowest BCUT2D eigenvalue weighted by Gasteiger charge is -2.72. The van der Waals surface area contributed by atoms with Crippen LogP contribution in [0, 0.1) is 50.2 Å². The molecule has 56 heavy (non-hydrogen) atoms. The number of hydrogen-bond donors (Lipinski definition) is 9. The van der Waals surface area contributed by atoms with Gasteiger partial charge in [-0.1, -0.05) is 60.1 Å². The molecule has 2 heterocycles. The van der Waals surface area contributed by atoms with Gasteiger partial charge in [-0.3, -0.25) is 0 Å². The van der Waals surface area contributed by atoms with Gasteiger partial charge < -0.3 is 64.9 Å². The molecule has 14 heteroatoms. The van der Waals surface area contributed by atoms with Crippen LogP contribution in [-0.4, -0.2) is 139 Å². The zero-order chi connectivity index (χ0) is 41.1. The summed E-state index contributed by atoms with van der Waals surface area (Å²) in [5, 5.41) is 96.0. The van der Waals surface area contributed by atoms with Crippen LogP contribution in [0.15, 0.2) is 11.6 Å². The summed E-state index contributed by atoms with van der Waals surface area (Å²) in [4.78, 5) is 12.2. The summed E-state index contributed by atoms with van der Waals surface area (Å²) in [7, 11) is 0. The van der Waals surface area contributed by atoms with Crippen LogP contribution in [0.1, 0.15) is 106 Å². The molecule has 0 radical (unpaired) electrons. The second-order valence-electron chi connectivity index (χ2n) is 20.8. The molecule has 20 atom stereocenters. The van der Waals surface area contributed by atoms with Crippen LogP contribution in [0.2, 0.25) is 0 Å². The van der Waals surface area contributed by atoms with Crippen molar-refractivity contribution in [2.75, 3.05) is 13.2 Å². The van der Waals surface area contributed by atoms with E-state index in [4.69, 9.17) is 18.9 Å². The van der Waals surface area contributed by atoms with E-state index in [1.54, 1.807) is 0 Å². The van der Waals surface area contributed by atoms with Gasteiger partial charge >= 0.3 is 5.97 Å². The van der Waals surface area contributed by atoms with E-state index in [2.05, 4.69) is 47.6 Å². The third-order valence-electron chi connectivity index (χ3n) is 17.4. The van der Waals surface area contributed by atoms with Crippen molar-refractivity contribution in [1.29, 1.82) is 0 Å². The highest BCUT2D eigenvalue weighted by Crippen LogP contribution is 2.76. The molecule has 6 fully saturated rings. The van der Waals surface area contributed by atoms with Gasteiger partial charge in [-0.25, -0.2) is 4.79 Å². The number of rotatable bonds is 7. The van der Waals surface area contributed by atoms with Gasteiger partial charge in [0, 0.05) is 10.8 Å². The first-order valence-electron chi connectivity index (χ1n) is 20.9. The molecule has 7 aliphatic rings. The standard InChI is InChI=1S/C42H68O14/c1-37(2)16-21-20-8-9-24-39(4)12-11-26(40(5,19-44)23(39)10-13-42(24,7)41(20,6)15-14-38(21,3)25(45)17-37)54-36-33(30(49)29(48)32(55-36)34(51)52)56-35-31(50)28(47)27(46)22(18-43)53-35/h8,21-33,35-36,43-50H,9-19H2,1-7H3,(H,51,52)/t21-,22+,23+,24+,25+,26-,27-,28-,29-,30-,31+,32-,33+,35-,36+,38+,39-,40+,41+,42+/m0/s1. The summed E-state index contributed by atoms with van der Waals surface area (Å²) in [6.45, 7) is 15.2. The fourth-order valence-electron chi connectivity index (χ4n) is 13.7. The van der Waals surface area contributed by atoms with Crippen LogP contribution < -0.4 is 0 Å². The second-order valence-corrected chi connectivity index (χ2v) is 20.8. The Morgan fingerprint density at radius 2 is 1.45 bits per heavy atom. The normalized spacial score (nSPS) is 55.5. The van der Waals surface area contributed by atoms with Crippen molar-refractivity contribution in [1.82, 2.24) is 0 Å². The number of carbonyl (C=O) groups is 1. The van der Waals surface area contributed by atoms with E-state index in [0.717, 1.165) is 51.4 Å². The minimum absolute atomic E-state index is 0.0149. The van der Waals surface area contributed by atoms with Crippen molar-refractivity contribution in [2.24, 2.45) is 50.2 Å². The second kappa shape index (κ2) is 14.4. The maximum atomic E-state index is 12.2. The Morgan fingerprint density at radius 1 is 0.750 bits per heavy atom. The number of aliphatic hydroxyl groups excluding tert-OH is 8. The molecule has 0 aromatic heterocycles. The topological polar surface area (TPSA) is 236 Å². The Balaban J connectivity index is 1.17. The van der Waals surface area contributed by atoms with E-state index >= 15 is 0 Å². The molecule has 2 aliphatic heterocycles. The summed E-state index contributed by atoms with van der Waals surface area (Å²) >= 11 is 0. The van der Waals surface area contributed by atoms with E-state index in [1.165, 1.54) is 5.57 Å². The monoisotopic (exact) mass is 796 g/mol. The quantitative estimate of drug-likeness (QED) is 0.132. The van der Waals surface area contributed by atoms with Crippen molar-refractivity contribution in [3.8, 4) is 0 Å². The number of carboxylic acids is 1. The molecule has 0 unspecified atom stereocenters. The minimum Gasteiger partial charge on any atom is -0.479 e.